The van der Waals surface area contributed by atoms with E-state index in [2.05, 4.69) is 13.4 Å². The van der Waals surface area contributed by atoms with Crippen LogP contribution in [0.2, 0.25) is 0 Å². The lowest BCUT2D eigenvalue weighted by Gasteiger charge is -2.38. The number of carbonyl (C=O) groups is 1. The number of aromatic amines is 1. The number of aromatic nitrogens is 2. The second-order valence-corrected chi connectivity index (χ2v) is 10.7. The number of rotatable bonds is 8. The zero-order chi connectivity index (χ0) is 26.3. The van der Waals surface area contributed by atoms with Crippen LogP contribution in [-0.2, 0) is 36.8 Å². The molecule has 2 aliphatic rings. The lowest BCUT2D eigenvalue weighted by Crippen LogP contribution is -2.54. The van der Waals surface area contributed by atoms with Crippen LogP contribution in [0.15, 0.2) is 15.8 Å². The monoisotopic (exact) mass is 544 g/mol. The maximum Gasteiger partial charge on any atom is 0.330 e. The molecule has 198 valence electrons. The van der Waals surface area contributed by atoms with Crippen molar-refractivity contribution in [2.75, 3.05) is 6.61 Å². The van der Waals surface area contributed by atoms with Crippen molar-refractivity contribution in [3.63, 3.8) is 0 Å². The molecular weight excluding hydrogens is 522 g/mol. The molecule has 9 atom stereocenters. The number of phosphoric acid groups is 2. The molecule has 19 heteroatoms. The molecule has 0 aliphatic carbocycles. The maximum absolute atomic E-state index is 12.0. The molecule has 0 saturated carbocycles. The number of aliphatic hydroxyl groups excluding tert-OH is 3. The van der Waals surface area contributed by atoms with Crippen LogP contribution in [0.1, 0.15) is 25.1 Å². The molecule has 3 rings (SSSR count). The minimum absolute atomic E-state index is 0.171. The molecule has 2 unspecified atom stereocenters. The van der Waals surface area contributed by atoms with Crippen molar-refractivity contribution in [1.29, 1.82) is 0 Å². The summed E-state index contributed by atoms with van der Waals surface area (Å²) in [5.74, 6) is -0.954. The fraction of sp³-hybridized carbons (Fsp3) is 0.688. The van der Waals surface area contributed by atoms with Crippen molar-refractivity contribution < 1.29 is 61.9 Å². The molecule has 2 fully saturated rings. The van der Waals surface area contributed by atoms with E-state index < -0.39 is 82.3 Å². The van der Waals surface area contributed by atoms with Gasteiger partial charge in [0.1, 0.15) is 30.6 Å². The van der Waals surface area contributed by atoms with Crippen LogP contribution in [-0.4, -0.2) is 74.1 Å². The van der Waals surface area contributed by atoms with E-state index in [9.17, 15) is 48.6 Å². The summed E-state index contributed by atoms with van der Waals surface area (Å²) in [7, 11) is -11.4. The number of nitrogens with zero attached hydrogens (tertiary/aromatic N) is 1. The van der Waals surface area contributed by atoms with Gasteiger partial charge in [-0.2, -0.15) is 0 Å². The van der Waals surface area contributed by atoms with E-state index in [4.69, 9.17) is 9.47 Å². The minimum Gasteiger partial charge on any atom is -0.756 e. The van der Waals surface area contributed by atoms with E-state index in [1.807, 2.05) is 4.98 Å². The number of Topliss-reactive ketones (excluding diaryl/α,β-unsaturated/α-hetero) is 1. The topological polar surface area (TPSA) is 259 Å². The van der Waals surface area contributed by atoms with E-state index in [1.54, 1.807) is 0 Å². The Kier molecular flexibility index (Phi) is 8.33. The number of ether oxygens (including phenoxy) is 2. The number of aliphatic hydroxyl groups is 3. The second-order valence-electron chi connectivity index (χ2n) is 7.77. The van der Waals surface area contributed by atoms with Gasteiger partial charge in [0.25, 0.3) is 21.2 Å². The Bertz CT molecular complexity index is 1170. The summed E-state index contributed by atoms with van der Waals surface area (Å²) in [6.07, 6.45) is -10.5. The zero-order valence-electron chi connectivity index (χ0n) is 18.1. The van der Waals surface area contributed by atoms with Gasteiger partial charge < -0.3 is 39.1 Å². The predicted octanol–water partition coefficient (Wildman–Crippen LogP) is -3.48. The Balaban J connectivity index is 1.59. The third-order valence-electron chi connectivity index (χ3n) is 5.12. The molecule has 17 nitrogen and oxygen atoms in total. The number of nitrogens with one attached hydrogen (secondary N) is 1. The van der Waals surface area contributed by atoms with Gasteiger partial charge in [0.2, 0.25) is 0 Å². The fourth-order valence-corrected chi connectivity index (χ4v) is 5.37. The van der Waals surface area contributed by atoms with Gasteiger partial charge in [-0.3, -0.25) is 32.8 Å². The van der Waals surface area contributed by atoms with E-state index >= 15 is 0 Å². The van der Waals surface area contributed by atoms with Crippen molar-refractivity contribution in [2.45, 2.75) is 63.3 Å². The van der Waals surface area contributed by atoms with Crippen LogP contribution >= 0.6 is 15.6 Å². The molecule has 4 N–H and O–H groups in total. The maximum atomic E-state index is 12.0. The van der Waals surface area contributed by atoms with E-state index in [0.29, 0.717) is 0 Å². The van der Waals surface area contributed by atoms with Crippen LogP contribution in [0, 0.1) is 6.92 Å². The van der Waals surface area contributed by atoms with Gasteiger partial charge in [-0.1, -0.05) is 0 Å². The standard InChI is InChI=1S/C16H24N2O15P2/c1-6-4-18(16(24)17-14(6)23)10-3-8(19)9(31-10)5-29-34(25,26)33-35(27,28)32-15-13(22)12(21)11(20)7(2)30-15/h4,7-10,12-13,15,19,21-22H,3,5H2,1-2H3,(H,25,26)(H,27,28)(H,17,23,24)/p-2/t7-,8+,9-,10-,12-,13-,15+/m1/s1. The van der Waals surface area contributed by atoms with Gasteiger partial charge >= 0.3 is 5.69 Å². The summed E-state index contributed by atoms with van der Waals surface area (Å²) in [4.78, 5) is 61.0. The molecule has 0 amide bonds. The summed E-state index contributed by atoms with van der Waals surface area (Å²) in [6, 6.07) is 0. The fourth-order valence-electron chi connectivity index (χ4n) is 3.29. The Morgan fingerprint density at radius 3 is 2.49 bits per heavy atom. The highest BCUT2D eigenvalue weighted by Crippen LogP contribution is 2.56. The quantitative estimate of drug-likeness (QED) is 0.232. The predicted molar refractivity (Wildman–Crippen MR) is 105 cm³/mol. The Morgan fingerprint density at radius 1 is 1.17 bits per heavy atom. The van der Waals surface area contributed by atoms with Crippen LogP contribution < -0.4 is 21.0 Å². The van der Waals surface area contributed by atoms with Crippen molar-refractivity contribution in [2.24, 2.45) is 0 Å². The first-order valence-corrected chi connectivity index (χ1v) is 12.9. The lowest BCUT2D eigenvalue weighted by molar-refractivity contribution is -0.276. The van der Waals surface area contributed by atoms with Crippen LogP contribution in [0.4, 0.5) is 0 Å². The highest BCUT2D eigenvalue weighted by Gasteiger charge is 2.44. The summed E-state index contributed by atoms with van der Waals surface area (Å²) in [6.45, 7) is 1.63. The Hall–Kier alpha value is -1.59. The third-order valence-corrected chi connectivity index (χ3v) is 7.65. The van der Waals surface area contributed by atoms with E-state index in [1.165, 1.54) is 13.1 Å². The molecule has 0 bridgehead atoms. The van der Waals surface area contributed by atoms with Gasteiger partial charge in [-0.15, -0.1) is 0 Å². The van der Waals surface area contributed by atoms with Crippen molar-refractivity contribution in [3.05, 3.63) is 32.6 Å². The average molecular weight is 544 g/mol. The summed E-state index contributed by atoms with van der Waals surface area (Å²) in [5.41, 5.74) is -1.29. The first-order valence-electron chi connectivity index (χ1n) is 9.97. The molecule has 2 saturated heterocycles. The number of hydrogen-bond acceptors (Lipinski definition) is 15. The molecular formula is C16H22N2O15P2-2. The first kappa shape index (κ1) is 28.0. The number of hydrogen-bond donors (Lipinski definition) is 4. The highest BCUT2D eigenvalue weighted by atomic mass is 31.3. The van der Waals surface area contributed by atoms with Crippen LogP contribution in [0.5, 0.6) is 0 Å². The molecule has 2 aliphatic heterocycles. The minimum atomic E-state index is -5.79. The van der Waals surface area contributed by atoms with Gasteiger partial charge in [0, 0.05) is 18.2 Å². The zero-order valence-corrected chi connectivity index (χ0v) is 19.9. The van der Waals surface area contributed by atoms with Gasteiger partial charge in [-0.05, 0) is 13.8 Å². The Labute approximate surface area is 196 Å². The normalized spacial score (nSPS) is 34.9. The molecule has 0 aromatic carbocycles. The molecule has 0 spiro atoms. The summed E-state index contributed by atoms with van der Waals surface area (Å²) >= 11 is 0. The molecule has 1 aromatic rings. The van der Waals surface area contributed by atoms with Crippen molar-refractivity contribution in [1.82, 2.24) is 9.55 Å². The Morgan fingerprint density at radius 2 is 1.83 bits per heavy atom. The molecule has 0 radical (unpaired) electrons. The van der Waals surface area contributed by atoms with Gasteiger partial charge in [0.15, 0.2) is 12.1 Å². The SMILES string of the molecule is Cc1cn([C@H]2C[C@H](O)[C@@H](COP(=O)([O-])OP(=O)([O-])O[C@@H]3O[C@H](C)C(=O)[C@@H](O)[C@H]3O)O2)c(=O)[nH]c1=O. The number of phosphoric ester groups is 2. The van der Waals surface area contributed by atoms with Crippen LogP contribution in [0.25, 0.3) is 0 Å². The average Bonchev–Trinajstić information content (AvgIpc) is 3.11. The number of H-pyrrole nitrogens is 1. The lowest BCUT2D eigenvalue weighted by atomic mass is 10.0. The first-order chi connectivity index (χ1) is 16.1. The molecule has 1 aromatic heterocycles. The number of ketones is 1. The van der Waals surface area contributed by atoms with Gasteiger partial charge in [-0.25, -0.2) is 9.11 Å². The smallest absolute Gasteiger partial charge is 0.330 e. The molecule has 3 heterocycles. The summed E-state index contributed by atoms with van der Waals surface area (Å²) < 4.78 is 47.8. The van der Waals surface area contributed by atoms with Gasteiger partial charge in [0.05, 0.1) is 12.7 Å². The third kappa shape index (κ3) is 6.60. The van der Waals surface area contributed by atoms with E-state index in [0.717, 1.165) is 11.5 Å². The second kappa shape index (κ2) is 10.4. The van der Waals surface area contributed by atoms with Crippen molar-refractivity contribution in [3.8, 4) is 0 Å². The largest absolute Gasteiger partial charge is 0.756 e. The van der Waals surface area contributed by atoms with E-state index in [-0.39, 0.29) is 12.0 Å². The van der Waals surface area contributed by atoms with Crippen molar-refractivity contribution >= 4 is 21.4 Å². The van der Waals surface area contributed by atoms with Crippen LogP contribution in [0.3, 0.4) is 0 Å². The number of aryl methyl sites for hydroxylation is 1. The summed E-state index contributed by atoms with van der Waals surface area (Å²) in [5, 5.41) is 29.4. The highest BCUT2D eigenvalue weighted by molar-refractivity contribution is 7.59. The number of carbonyl (C=O) groups excluding carboxylic acids is 1. The molecule has 35 heavy (non-hydrogen) atoms.